The molecule has 0 spiro atoms. The first-order chi connectivity index (χ1) is 20.3. The number of hydrogen-bond acceptors (Lipinski definition) is 1. The topological polar surface area (TPSA) is 3.24 Å². The fourth-order valence-electron chi connectivity index (χ4n) is 5.22. The molecule has 0 fully saturated rings. The quantitative estimate of drug-likeness (QED) is 0.0895. The van der Waals surface area contributed by atoms with Crippen molar-refractivity contribution in [3.05, 3.63) is 175 Å². The van der Waals surface area contributed by atoms with E-state index < -0.39 is 16.0 Å². The van der Waals surface area contributed by atoms with Gasteiger partial charge in [0.05, 0.1) is 0 Å². The Morgan fingerprint density at radius 1 is 0.571 bits per heavy atom. The van der Waals surface area contributed by atoms with Gasteiger partial charge >= 0.3 is 0 Å². The van der Waals surface area contributed by atoms with Crippen molar-refractivity contribution in [1.29, 1.82) is 0 Å². The van der Waals surface area contributed by atoms with Crippen LogP contribution in [0.25, 0.3) is 0 Å². The zero-order chi connectivity index (χ0) is 28.3. The molecular weight excluding hydrogens is 588 g/mol. The van der Waals surface area contributed by atoms with Gasteiger partial charge in [-0.25, -0.2) is 12.1 Å². The van der Waals surface area contributed by atoms with Gasteiger partial charge in [0, 0.05) is 25.1 Å². The standard InChI is InChI=1S/C33H32NP2.C5H5.Fe/c1-3-34(36(30-21-12-6-13-22-30)31-23-14-7-15-24-31)27(2)32-25-16-26-33(32)35(28-17-8-4-9-18-28)29-19-10-5-11-20-29;1-2-4-5-3-1;/h4-27H,3H2,1-2H3;1-5H;/q-1;-5;/t27-;;/m1../s1. The van der Waals surface area contributed by atoms with Crippen molar-refractivity contribution in [2.45, 2.75) is 19.9 Å². The Morgan fingerprint density at radius 3 is 1.33 bits per heavy atom. The molecule has 0 saturated heterocycles. The molecule has 218 valence electrons. The zero-order valence-electron chi connectivity index (χ0n) is 24.1. The molecular formula is C38H37FeNP2-6. The molecule has 0 N–H and O–H groups in total. The second kappa shape index (κ2) is 16.5. The molecule has 42 heavy (non-hydrogen) atoms. The summed E-state index contributed by atoms with van der Waals surface area (Å²) >= 11 is 0. The van der Waals surface area contributed by atoms with Crippen molar-refractivity contribution in [3.8, 4) is 0 Å². The van der Waals surface area contributed by atoms with E-state index >= 15 is 0 Å². The molecule has 0 saturated carbocycles. The summed E-state index contributed by atoms with van der Waals surface area (Å²) in [5.74, 6) is 0. The molecule has 1 atom stereocenters. The maximum absolute atomic E-state index is 2.71. The van der Waals surface area contributed by atoms with Crippen LogP contribution >= 0.6 is 16.0 Å². The number of hydrogen-bond donors (Lipinski definition) is 0. The van der Waals surface area contributed by atoms with Crippen LogP contribution in [-0.4, -0.2) is 11.2 Å². The van der Waals surface area contributed by atoms with Crippen molar-refractivity contribution in [3.63, 3.8) is 0 Å². The van der Waals surface area contributed by atoms with Gasteiger partial charge in [-0.05, 0) is 41.7 Å². The summed E-state index contributed by atoms with van der Waals surface area (Å²) in [7, 11) is -1.30. The summed E-state index contributed by atoms with van der Waals surface area (Å²) < 4.78 is 2.71. The summed E-state index contributed by atoms with van der Waals surface area (Å²) in [4.78, 5) is 0. The molecule has 0 aliphatic heterocycles. The van der Waals surface area contributed by atoms with Gasteiger partial charge in [0.25, 0.3) is 0 Å². The van der Waals surface area contributed by atoms with Crippen LogP contribution in [-0.2, 0) is 17.1 Å². The minimum Gasteiger partial charge on any atom is -0.748 e. The summed E-state index contributed by atoms with van der Waals surface area (Å²) in [6.45, 7) is 5.68. The van der Waals surface area contributed by atoms with E-state index in [0.717, 1.165) is 6.54 Å². The van der Waals surface area contributed by atoms with Crippen LogP contribution in [0.3, 0.4) is 0 Å². The molecule has 6 aromatic carbocycles. The second-order valence-electron chi connectivity index (χ2n) is 9.75. The molecule has 0 amide bonds. The van der Waals surface area contributed by atoms with Gasteiger partial charge in [-0.2, -0.15) is 6.07 Å². The first kappa shape index (κ1) is 31.8. The van der Waals surface area contributed by atoms with Crippen LogP contribution in [0, 0.1) is 0 Å². The molecule has 0 aromatic heterocycles. The van der Waals surface area contributed by atoms with Crippen molar-refractivity contribution in [1.82, 2.24) is 4.67 Å². The van der Waals surface area contributed by atoms with Crippen molar-refractivity contribution >= 4 is 42.5 Å². The fourth-order valence-corrected chi connectivity index (χ4v) is 10.3. The van der Waals surface area contributed by atoms with Gasteiger partial charge < -0.3 is 30.3 Å². The van der Waals surface area contributed by atoms with Crippen LogP contribution in [0.15, 0.2) is 170 Å². The maximum Gasteiger partial charge on any atom is 0.0277 e. The Morgan fingerprint density at radius 2 is 0.952 bits per heavy atom. The molecule has 0 heterocycles. The fraction of sp³-hybridized carbons (Fsp3) is 0.105. The van der Waals surface area contributed by atoms with Crippen LogP contribution in [0.4, 0.5) is 0 Å². The van der Waals surface area contributed by atoms with E-state index in [1.807, 2.05) is 30.3 Å². The molecule has 0 aliphatic rings. The van der Waals surface area contributed by atoms with Gasteiger partial charge in [-0.15, -0.1) is 10.9 Å². The van der Waals surface area contributed by atoms with E-state index in [1.54, 1.807) is 0 Å². The number of nitrogens with zero attached hydrogens (tertiary/aromatic N) is 1. The number of rotatable bonds is 9. The van der Waals surface area contributed by atoms with E-state index in [-0.39, 0.29) is 23.1 Å². The maximum atomic E-state index is 2.71. The summed E-state index contributed by atoms with van der Waals surface area (Å²) in [5, 5.41) is 7.05. The third-order valence-electron chi connectivity index (χ3n) is 7.13. The van der Waals surface area contributed by atoms with Crippen molar-refractivity contribution in [2.24, 2.45) is 0 Å². The van der Waals surface area contributed by atoms with Crippen molar-refractivity contribution in [2.75, 3.05) is 6.54 Å². The van der Waals surface area contributed by atoms with E-state index in [2.05, 4.69) is 158 Å². The average molecular weight is 626 g/mol. The average Bonchev–Trinajstić information content (AvgIpc) is 3.78. The Hall–Kier alpha value is -3.08. The first-order valence-corrected chi connectivity index (χ1v) is 16.9. The van der Waals surface area contributed by atoms with Crippen LogP contribution in [0.5, 0.6) is 0 Å². The molecule has 4 heteroatoms. The Balaban J connectivity index is 0.000000612. The predicted molar refractivity (Wildman–Crippen MR) is 183 cm³/mol. The Labute approximate surface area is 265 Å². The Kier molecular flexibility index (Phi) is 12.5. The van der Waals surface area contributed by atoms with Gasteiger partial charge in [0.2, 0.25) is 0 Å². The zero-order valence-corrected chi connectivity index (χ0v) is 27.0. The van der Waals surface area contributed by atoms with Gasteiger partial charge in [-0.1, -0.05) is 135 Å². The monoisotopic (exact) mass is 625 g/mol. The third-order valence-corrected chi connectivity index (χ3v) is 12.4. The molecule has 6 rings (SSSR count). The smallest absolute Gasteiger partial charge is 0.0277 e. The van der Waals surface area contributed by atoms with Gasteiger partial charge in [0.15, 0.2) is 0 Å². The molecule has 6 aromatic rings. The second-order valence-corrected chi connectivity index (χ2v) is 14.1. The third kappa shape index (κ3) is 7.85. The summed E-state index contributed by atoms with van der Waals surface area (Å²) in [6, 6.07) is 61.4. The Bertz CT molecular complexity index is 1440. The van der Waals surface area contributed by atoms with Crippen molar-refractivity contribution < 1.29 is 17.1 Å². The predicted octanol–water partition coefficient (Wildman–Crippen LogP) is 8.00. The normalized spacial score (nSPS) is 11.5. The van der Waals surface area contributed by atoms with Gasteiger partial charge in [0.1, 0.15) is 0 Å². The van der Waals surface area contributed by atoms with Gasteiger partial charge in [-0.3, -0.25) is 4.67 Å². The first-order valence-electron chi connectivity index (χ1n) is 14.3. The van der Waals surface area contributed by atoms with E-state index in [9.17, 15) is 0 Å². The molecule has 1 nitrogen and oxygen atoms in total. The number of benzene rings is 4. The minimum atomic E-state index is -0.658. The summed E-state index contributed by atoms with van der Waals surface area (Å²) in [5.41, 5.74) is 1.44. The van der Waals surface area contributed by atoms with E-state index in [4.69, 9.17) is 0 Å². The minimum absolute atomic E-state index is 0. The largest absolute Gasteiger partial charge is 0.748 e. The van der Waals surface area contributed by atoms with E-state index in [0.29, 0.717) is 0 Å². The molecule has 0 unspecified atom stereocenters. The molecule has 0 aliphatic carbocycles. The van der Waals surface area contributed by atoms with Crippen LogP contribution < -0.4 is 26.5 Å². The van der Waals surface area contributed by atoms with E-state index in [1.165, 1.54) is 32.1 Å². The van der Waals surface area contributed by atoms with Crippen LogP contribution in [0.1, 0.15) is 25.5 Å². The summed E-state index contributed by atoms with van der Waals surface area (Å²) in [6.07, 6.45) is 0. The molecule has 0 radical (unpaired) electrons. The molecule has 0 bridgehead atoms. The SMILES string of the molecule is CCN([C@H](C)[c-]1cccc1P(c1ccccc1)c1ccccc1)P(c1ccccc1)c1ccccc1.[Fe].[cH-]1[cH-][cH-][cH-][cH-]1. The van der Waals surface area contributed by atoms with Crippen LogP contribution in [0.2, 0.25) is 0 Å².